The van der Waals surface area contributed by atoms with Crippen LogP contribution in [0.5, 0.6) is 11.5 Å². The molecule has 2 amide bonds. The van der Waals surface area contributed by atoms with E-state index in [1.54, 1.807) is 23.2 Å². The Balaban J connectivity index is 1.64. The van der Waals surface area contributed by atoms with Gasteiger partial charge in [0.1, 0.15) is 11.6 Å². The summed E-state index contributed by atoms with van der Waals surface area (Å²) in [5.41, 5.74) is 0.305. The van der Waals surface area contributed by atoms with Crippen molar-refractivity contribution in [1.82, 2.24) is 19.7 Å². The minimum Gasteiger partial charge on any atom is -0.454 e. The highest BCUT2D eigenvalue weighted by Gasteiger charge is 2.30. The molecule has 0 bridgehead atoms. The van der Waals surface area contributed by atoms with Crippen LogP contribution >= 0.6 is 0 Å². The summed E-state index contributed by atoms with van der Waals surface area (Å²) < 4.78 is 12.7. The lowest BCUT2D eigenvalue weighted by molar-refractivity contribution is -0.135. The lowest BCUT2D eigenvalue weighted by Crippen LogP contribution is -2.54. The highest BCUT2D eigenvalue weighted by Crippen LogP contribution is 2.35. The number of amides is 2. The zero-order valence-corrected chi connectivity index (χ0v) is 19.7. The number of rotatable bonds is 6. The summed E-state index contributed by atoms with van der Waals surface area (Å²) in [5, 5.41) is 3.26. The van der Waals surface area contributed by atoms with Crippen LogP contribution in [0.3, 0.4) is 0 Å². The summed E-state index contributed by atoms with van der Waals surface area (Å²) >= 11 is 0. The van der Waals surface area contributed by atoms with Crippen LogP contribution in [0.15, 0.2) is 23.1 Å². The number of nitrogens with one attached hydrogen (secondary N) is 1. The lowest BCUT2D eigenvalue weighted by atomic mass is 10.0. The first kappa shape index (κ1) is 23.1. The van der Waals surface area contributed by atoms with Gasteiger partial charge in [-0.3, -0.25) is 14.4 Å². The Labute approximate surface area is 193 Å². The van der Waals surface area contributed by atoms with Crippen molar-refractivity contribution in [2.24, 2.45) is 5.92 Å². The Morgan fingerprint density at radius 1 is 1.09 bits per heavy atom. The molecule has 1 atom stereocenters. The molecule has 9 heteroatoms. The number of aromatic nitrogens is 1. The number of hydrogen-bond acceptors (Lipinski definition) is 6. The second kappa shape index (κ2) is 9.43. The van der Waals surface area contributed by atoms with Gasteiger partial charge in [-0.2, -0.15) is 0 Å². The summed E-state index contributed by atoms with van der Waals surface area (Å²) in [4.78, 5) is 43.8. The molecule has 0 saturated carbocycles. The van der Waals surface area contributed by atoms with E-state index in [-0.39, 0.29) is 29.6 Å². The molecule has 1 N–H and O–H groups in total. The molecule has 4 rings (SSSR count). The highest BCUT2D eigenvalue weighted by atomic mass is 16.7. The second-order valence-electron chi connectivity index (χ2n) is 9.16. The van der Waals surface area contributed by atoms with Crippen LogP contribution in [0.1, 0.15) is 37.6 Å². The number of benzene rings is 1. The maximum Gasteiger partial charge on any atom is 0.257 e. The van der Waals surface area contributed by atoms with Gasteiger partial charge in [0.2, 0.25) is 18.1 Å². The third-order valence-corrected chi connectivity index (χ3v) is 6.29. The Bertz CT molecular complexity index is 1120. The lowest BCUT2D eigenvalue weighted by Gasteiger charge is -2.35. The van der Waals surface area contributed by atoms with Crippen LogP contribution in [0, 0.1) is 5.92 Å². The van der Waals surface area contributed by atoms with Gasteiger partial charge in [-0.15, -0.1) is 0 Å². The maximum atomic E-state index is 13.3. The molecule has 0 aliphatic carbocycles. The molecule has 178 valence electrons. The zero-order valence-electron chi connectivity index (χ0n) is 19.7. The number of nitrogens with zero attached hydrogens (tertiary/aromatic N) is 3. The molecule has 1 saturated heterocycles. The van der Waals surface area contributed by atoms with Gasteiger partial charge in [-0.25, -0.2) is 0 Å². The molecule has 2 aromatic rings. The molecule has 1 fully saturated rings. The minimum absolute atomic E-state index is 0.0168. The van der Waals surface area contributed by atoms with Gasteiger partial charge in [-0.05, 0) is 32.4 Å². The van der Waals surface area contributed by atoms with Crippen molar-refractivity contribution in [3.63, 3.8) is 0 Å². The van der Waals surface area contributed by atoms with Crippen molar-refractivity contribution in [2.45, 2.75) is 39.8 Å². The Kier molecular flexibility index (Phi) is 6.60. The van der Waals surface area contributed by atoms with Gasteiger partial charge in [0.15, 0.2) is 11.5 Å². The van der Waals surface area contributed by atoms with E-state index in [0.29, 0.717) is 48.5 Å². The number of ether oxygens (including phenoxy) is 2. The number of aryl methyl sites for hydroxylation is 1. The number of piperazine rings is 1. The monoisotopic (exact) mass is 456 g/mol. The molecule has 2 aliphatic heterocycles. The second-order valence-corrected chi connectivity index (χ2v) is 9.16. The zero-order chi connectivity index (χ0) is 23.7. The SMILES string of the molecule is CCn1cc(C(=O)NC(CC(C)C)C(=O)N2CCN(C)CC2)c(=O)c2cc3c(cc21)OCO3. The summed E-state index contributed by atoms with van der Waals surface area (Å²) in [7, 11) is 2.03. The van der Waals surface area contributed by atoms with Gasteiger partial charge in [0.05, 0.1) is 10.9 Å². The Morgan fingerprint density at radius 2 is 1.76 bits per heavy atom. The summed E-state index contributed by atoms with van der Waals surface area (Å²) in [6.45, 7) is 9.49. The third kappa shape index (κ3) is 4.68. The normalized spacial score (nSPS) is 16.9. The molecule has 33 heavy (non-hydrogen) atoms. The summed E-state index contributed by atoms with van der Waals surface area (Å²) in [6.07, 6.45) is 2.07. The van der Waals surface area contributed by atoms with Crippen molar-refractivity contribution in [1.29, 1.82) is 0 Å². The van der Waals surface area contributed by atoms with Crippen molar-refractivity contribution in [3.8, 4) is 11.5 Å². The quantitative estimate of drug-likeness (QED) is 0.711. The fourth-order valence-corrected chi connectivity index (χ4v) is 4.38. The molecule has 0 radical (unpaired) electrons. The first-order chi connectivity index (χ1) is 15.8. The average molecular weight is 457 g/mol. The van der Waals surface area contributed by atoms with Crippen molar-refractivity contribution in [3.05, 3.63) is 34.1 Å². The Hall–Kier alpha value is -3.07. The van der Waals surface area contributed by atoms with E-state index in [2.05, 4.69) is 10.2 Å². The number of pyridine rings is 1. The van der Waals surface area contributed by atoms with Gasteiger partial charge in [-0.1, -0.05) is 13.8 Å². The summed E-state index contributed by atoms with van der Waals surface area (Å²) in [6, 6.07) is 2.72. The Morgan fingerprint density at radius 3 is 2.39 bits per heavy atom. The highest BCUT2D eigenvalue weighted by molar-refractivity contribution is 6.00. The fraction of sp³-hybridized carbons (Fsp3) is 0.542. The van der Waals surface area contributed by atoms with E-state index in [0.717, 1.165) is 13.1 Å². The van der Waals surface area contributed by atoms with Gasteiger partial charge in [0, 0.05) is 45.0 Å². The first-order valence-electron chi connectivity index (χ1n) is 11.5. The number of fused-ring (bicyclic) bond motifs is 2. The molecule has 2 aliphatic rings. The van der Waals surface area contributed by atoms with Crippen LogP contribution in [-0.2, 0) is 11.3 Å². The topological polar surface area (TPSA) is 93.1 Å². The summed E-state index contributed by atoms with van der Waals surface area (Å²) in [5.74, 6) is 0.647. The number of carbonyl (C=O) groups excluding carboxylic acids is 2. The molecule has 3 heterocycles. The predicted octanol–water partition coefficient (Wildman–Crippen LogP) is 1.67. The standard InChI is InChI=1S/C24H32N4O5/c1-5-27-13-17(22(29)16-11-20-21(12-19(16)27)33-14-32-20)23(30)25-18(10-15(2)3)24(31)28-8-6-26(4)7-9-28/h11-13,15,18H,5-10,14H2,1-4H3,(H,25,30). The molecule has 0 spiro atoms. The van der Waals surface area contributed by atoms with Crippen LogP contribution in [0.2, 0.25) is 0 Å². The average Bonchev–Trinajstić information content (AvgIpc) is 3.25. The van der Waals surface area contributed by atoms with Crippen molar-refractivity contribution >= 4 is 22.7 Å². The smallest absolute Gasteiger partial charge is 0.257 e. The van der Waals surface area contributed by atoms with Crippen LogP contribution in [0.4, 0.5) is 0 Å². The number of carbonyl (C=O) groups is 2. The van der Waals surface area contributed by atoms with Crippen LogP contribution in [-0.4, -0.2) is 72.2 Å². The maximum absolute atomic E-state index is 13.3. The van der Waals surface area contributed by atoms with Crippen LogP contribution < -0.4 is 20.2 Å². The molecule has 9 nitrogen and oxygen atoms in total. The van der Waals surface area contributed by atoms with E-state index < -0.39 is 11.9 Å². The fourth-order valence-electron chi connectivity index (χ4n) is 4.38. The number of likely N-dealkylation sites (N-methyl/N-ethyl adjacent to an activating group) is 1. The molecular weight excluding hydrogens is 424 g/mol. The third-order valence-electron chi connectivity index (χ3n) is 6.29. The molecule has 1 aromatic heterocycles. The van der Waals surface area contributed by atoms with E-state index in [4.69, 9.17) is 9.47 Å². The van der Waals surface area contributed by atoms with E-state index >= 15 is 0 Å². The minimum atomic E-state index is -0.678. The number of hydrogen-bond donors (Lipinski definition) is 1. The van der Waals surface area contributed by atoms with Crippen molar-refractivity contribution in [2.75, 3.05) is 40.0 Å². The first-order valence-corrected chi connectivity index (χ1v) is 11.5. The van der Waals surface area contributed by atoms with E-state index in [1.807, 2.05) is 32.4 Å². The van der Waals surface area contributed by atoms with Gasteiger partial charge in [0.25, 0.3) is 5.91 Å². The molecule has 1 unspecified atom stereocenters. The van der Waals surface area contributed by atoms with Gasteiger partial charge >= 0.3 is 0 Å². The van der Waals surface area contributed by atoms with Crippen molar-refractivity contribution < 1.29 is 19.1 Å². The largest absolute Gasteiger partial charge is 0.454 e. The molecule has 1 aromatic carbocycles. The van der Waals surface area contributed by atoms with E-state index in [9.17, 15) is 14.4 Å². The molecular formula is C24H32N4O5. The predicted molar refractivity (Wildman–Crippen MR) is 125 cm³/mol. The van der Waals surface area contributed by atoms with Gasteiger partial charge < -0.3 is 29.2 Å². The van der Waals surface area contributed by atoms with E-state index in [1.165, 1.54) is 0 Å². The van der Waals surface area contributed by atoms with Crippen LogP contribution in [0.25, 0.3) is 10.9 Å².